The number of carbonyl (C=O) groups excluding carboxylic acids is 4. The van der Waals surface area contributed by atoms with Gasteiger partial charge in [0.25, 0.3) is 0 Å². The summed E-state index contributed by atoms with van der Waals surface area (Å²) in [6, 6.07) is -4.07. The molecule has 1 aliphatic heterocycles. The number of nitrogens with zero attached hydrogens (tertiary/aromatic N) is 1. The Hall–Kier alpha value is -2.38. The number of nitrogens with two attached hydrogens (primary N) is 3. The van der Waals surface area contributed by atoms with Gasteiger partial charge in [-0.25, -0.2) is 4.79 Å². The minimum absolute atomic E-state index is 0.0434. The fourth-order valence-corrected chi connectivity index (χ4v) is 3.59. The maximum atomic E-state index is 13.1. The van der Waals surface area contributed by atoms with Crippen LogP contribution in [0.4, 0.5) is 0 Å². The second-order valence-corrected chi connectivity index (χ2v) is 8.09. The summed E-state index contributed by atoms with van der Waals surface area (Å²) in [6.45, 7) is 0.674. The first-order valence-corrected chi connectivity index (χ1v) is 11.2. The summed E-state index contributed by atoms with van der Waals surface area (Å²) in [5.74, 6) is -3.55. The van der Waals surface area contributed by atoms with Crippen LogP contribution in [-0.2, 0) is 24.0 Å². The second kappa shape index (κ2) is 13.9. The van der Waals surface area contributed by atoms with Crippen LogP contribution in [0, 0.1) is 0 Å². The van der Waals surface area contributed by atoms with Crippen LogP contribution in [0.15, 0.2) is 0 Å². The van der Waals surface area contributed by atoms with Crippen molar-refractivity contribution in [3.8, 4) is 0 Å². The summed E-state index contributed by atoms with van der Waals surface area (Å²) >= 11 is 3.95. The fraction of sp³-hybridized carbons (Fsp3) is 0.737. The van der Waals surface area contributed by atoms with Gasteiger partial charge in [0.1, 0.15) is 18.1 Å². The van der Waals surface area contributed by atoms with Crippen molar-refractivity contribution in [3.05, 3.63) is 0 Å². The Labute approximate surface area is 192 Å². The molecule has 4 unspecified atom stereocenters. The summed E-state index contributed by atoms with van der Waals surface area (Å²) in [7, 11) is 0. The lowest BCUT2D eigenvalue weighted by Gasteiger charge is -2.29. The van der Waals surface area contributed by atoms with E-state index in [1.165, 1.54) is 4.90 Å². The van der Waals surface area contributed by atoms with E-state index in [1.807, 2.05) is 0 Å². The number of nitrogens with one attached hydrogen (secondary N) is 2. The van der Waals surface area contributed by atoms with Crippen molar-refractivity contribution in [1.29, 1.82) is 0 Å². The maximum absolute atomic E-state index is 13.1. The molecule has 4 atom stereocenters. The molecule has 1 heterocycles. The van der Waals surface area contributed by atoms with Crippen molar-refractivity contribution in [2.24, 2.45) is 17.2 Å². The van der Waals surface area contributed by atoms with Gasteiger partial charge in [0.2, 0.25) is 23.6 Å². The zero-order valence-electron chi connectivity index (χ0n) is 18.0. The quantitative estimate of drug-likeness (QED) is 0.107. The molecule has 1 aliphatic rings. The molecule has 0 aliphatic carbocycles. The lowest BCUT2D eigenvalue weighted by atomic mass is 10.0. The Bertz CT molecular complexity index is 693. The van der Waals surface area contributed by atoms with Gasteiger partial charge in [-0.2, -0.15) is 12.6 Å². The molecule has 12 nitrogen and oxygen atoms in total. The average molecular weight is 475 g/mol. The second-order valence-electron chi connectivity index (χ2n) is 7.73. The van der Waals surface area contributed by atoms with Gasteiger partial charge in [0.15, 0.2) is 0 Å². The standard InChI is InChI=1S/C19H34N6O6S/c20-8-2-1-4-13(18(29)25-9-3-5-14(25)19(30)31)24-17(28)12(6-7-15(22)26)23-16(27)11(21)10-32/h11-14,32H,1-10,20-21H2,(H2,22,26)(H,23,27)(H,24,28)(H,30,31). The van der Waals surface area contributed by atoms with Crippen molar-refractivity contribution in [2.45, 2.75) is 69.1 Å². The molecule has 0 aromatic heterocycles. The predicted octanol–water partition coefficient (Wildman–Crippen LogP) is -2.32. The number of carboxylic acids is 1. The SMILES string of the molecule is NCCCCC(NC(=O)C(CCC(N)=O)NC(=O)C(N)CS)C(=O)N1CCCC1C(=O)O. The van der Waals surface area contributed by atoms with Gasteiger partial charge in [-0.1, -0.05) is 0 Å². The molecule has 0 saturated carbocycles. The number of hydrogen-bond acceptors (Lipinski definition) is 8. The highest BCUT2D eigenvalue weighted by Crippen LogP contribution is 2.20. The number of primary amides is 1. The van der Waals surface area contributed by atoms with Crippen LogP contribution >= 0.6 is 12.6 Å². The van der Waals surface area contributed by atoms with Crippen LogP contribution in [0.2, 0.25) is 0 Å². The number of carboxylic acid groups (broad SMARTS) is 1. The van der Waals surface area contributed by atoms with E-state index in [0.717, 1.165) is 0 Å². The first-order chi connectivity index (χ1) is 15.1. The minimum Gasteiger partial charge on any atom is -0.480 e. The normalized spacial score (nSPS) is 18.5. The molecule has 0 spiro atoms. The third-order valence-corrected chi connectivity index (χ3v) is 5.62. The highest BCUT2D eigenvalue weighted by molar-refractivity contribution is 7.80. The largest absolute Gasteiger partial charge is 0.480 e. The van der Waals surface area contributed by atoms with E-state index in [-0.39, 0.29) is 31.6 Å². The molecule has 0 radical (unpaired) electrons. The average Bonchev–Trinajstić information content (AvgIpc) is 3.24. The lowest BCUT2D eigenvalue weighted by molar-refractivity contribution is -0.149. The van der Waals surface area contributed by atoms with Gasteiger partial charge < -0.3 is 37.8 Å². The van der Waals surface area contributed by atoms with Crippen molar-refractivity contribution in [1.82, 2.24) is 15.5 Å². The lowest BCUT2D eigenvalue weighted by Crippen LogP contribution is -2.57. The Kier molecular flexibility index (Phi) is 12.0. The molecule has 0 bridgehead atoms. The molecule has 13 heteroatoms. The molecule has 32 heavy (non-hydrogen) atoms. The molecule has 1 rings (SSSR count). The van der Waals surface area contributed by atoms with E-state index in [2.05, 4.69) is 23.3 Å². The Balaban J connectivity index is 2.99. The first-order valence-electron chi connectivity index (χ1n) is 10.6. The molecule has 1 saturated heterocycles. The van der Waals surface area contributed by atoms with Crippen LogP contribution in [0.1, 0.15) is 44.9 Å². The predicted molar refractivity (Wildman–Crippen MR) is 119 cm³/mol. The monoisotopic (exact) mass is 474 g/mol. The number of carbonyl (C=O) groups is 5. The van der Waals surface area contributed by atoms with E-state index in [4.69, 9.17) is 17.2 Å². The molecular weight excluding hydrogens is 440 g/mol. The summed E-state index contributed by atoms with van der Waals surface area (Å²) in [5, 5.41) is 14.5. The van der Waals surface area contributed by atoms with Crippen LogP contribution < -0.4 is 27.8 Å². The smallest absolute Gasteiger partial charge is 0.326 e. The molecule has 4 amide bonds. The first kappa shape index (κ1) is 27.7. The summed E-state index contributed by atoms with van der Waals surface area (Å²) in [5.41, 5.74) is 16.3. The Morgan fingerprint density at radius 1 is 1.06 bits per heavy atom. The molecule has 0 aromatic rings. The minimum atomic E-state index is -1.15. The van der Waals surface area contributed by atoms with Gasteiger partial charge >= 0.3 is 5.97 Å². The summed E-state index contributed by atoms with van der Waals surface area (Å²) < 4.78 is 0. The topological polar surface area (TPSA) is 211 Å². The van der Waals surface area contributed by atoms with Crippen molar-refractivity contribution < 1.29 is 29.1 Å². The van der Waals surface area contributed by atoms with Crippen LogP contribution in [0.3, 0.4) is 0 Å². The van der Waals surface area contributed by atoms with E-state index >= 15 is 0 Å². The van der Waals surface area contributed by atoms with Crippen molar-refractivity contribution in [2.75, 3.05) is 18.8 Å². The maximum Gasteiger partial charge on any atom is 0.326 e. The molecular formula is C19H34N6O6S. The van der Waals surface area contributed by atoms with E-state index < -0.39 is 53.8 Å². The van der Waals surface area contributed by atoms with E-state index in [9.17, 15) is 29.1 Å². The van der Waals surface area contributed by atoms with E-state index in [1.54, 1.807) is 0 Å². The Morgan fingerprint density at radius 3 is 2.28 bits per heavy atom. The number of rotatable bonds is 14. The molecule has 182 valence electrons. The summed E-state index contributed by atoms with van der Waals surface area (Å²) in [4.78, 5) is 62.1. The highest BCUT2D eigenvalue weighted by atomic mass is 32.1. The van der Waals surface area contributed by atoms with Gasteiger partial charge in [0.05, 0.1) is 6.04 Å². The van der Waals surface area contributed by atoms with Crippen molar-refractivity contribution >= 4 is 42.2 Å². The Morgan fingerprint density at radius 2 is 1.72 bits per heavy atom. The number of thiol groups is 1. The van der Waals surface area contributed by atoms with Crippen LogP contribution in [0.5, 0.6) is 0 Å². The third-order valence-electron chi connectivity index (χ3n) is 5.23. The number of unbranched alkanes of at least 4 members (excludes halogenated alkanes) is 1. The number of likely N-dealkylation sites (tertiary alicyclic amines) is 1. The molecule has 0 aromatic carbocycles. The zero-order chi connectivity index (χ0) is 24.3. The van der Waals surface area contributed by atoms with Gasteiger partial charge in [-0.15, -0.1) is 0 Å². The zero-order valence-corrected chi connectivity index (χ0v) is 18.9. The van der Waals surface area contributed by atoms with Gasteiger partial charge in [-0.05, 0) is 45.1 Å². The van der Waals surface area contributed by atoms with Gasteiger partial charge in [0, 0.05) is 18.7 Å². The van der Waals surface area contributed by atoms with Gasteiger partial charge in [-0.3, -0.25) is 19.2 Å². The van der Waals surface area contributed by atoms with Crippen molar-refractivity contribution in [3.63, 3.8) is 0 Å². The molecule has 9 N–H and O–H groups in total. The third kappa shape index (κ3) is 8.63. The summed E-state index contributed by atoms with van der Waals surface area (Å²) in [6.07, 6.45) is 2.01. The number of aliphatic carboxylic acids is 1. The van der Waals surface area contributed by atoms with Crippen LogP contribution in [0.25, 0.3) is 0 Å². The highest BCUT2D eigenvalue weighted by Gasteiger charge is 2.38. The number of hydrogen-bond donors (Lipinski definition) is 7. The van der Waals surface area contributed by atoms with Crippen LogP contribution in [-0.4, -0.2) is 82.6 Å². The fourth-order valence-electron chi connectivity index (χ4n) is 3.43. The van der Waals surface area contributed by atoms with E-state index in [0.29, 0.717) is 32.2 Å². The number of amides is 4. The molecule has 1 fully saturated rings.